The summed E-state index contributed by atoms with van der Waals surface area (Å²) < 4.78 is 19.4. The smallest absolute Gasteiger partial charge is 0.255 e. The van der Waals surface area contributed by atoms with E-state index < -0.39 is 11.4 Å². The van der Waals surface area contributed by atoms with Crippen LogP contribution in [0.15, 0.2) is 61.2 Å². The average molecular weight is 441 g/mol. The molecule has 0 unspecified atom stereocenters. The number of para-hydroxylation sites is 1. The van der Waals surface area contributed by atoms with E-state index in [1.807, 2.05) is 0 Å². The Labute approximate surface area is 182 Å². The molecule has 0 spiro atoms. The lowest BCUT2D eigenvalue weighted by molar-refractivity contribution is -0.124. The molecule has 31 heavy (non-hydrogen) atoms. The molecule has 2 aromatic carbocycles. The molecule has 1 aliphatic rings. The van der Waals surface area contributed by atoms with Crippen molar-refractivity contribution in [3.8, 4) is 11.5 Å². The van der Waals surface area contributed by atoms with E-state index in [1.165, 1.54) is 30.9 Å². The van der Waals surface area contributed by atoms with Gasteiger partial charge in [-0.05, 0) is 42.7 Å². The quantitative estimate of drug-likeness (QED) is 0.585. The van der Waals surface area contributed by atoms with E-state index in [1.54, 1.807) is 30.3 Å². The Bertz CT molecular complexity index is 1090. The van der Waals surface area contributed by atoms with E-state index >= 15 is 0 Å². The molecule has 1 saturated carbocycles. The zero-order chi connectivity index (χ0) is 21.8. The number of nitrogens with one attached hydrogen (secondary N) is 2. The maximum Gasteiger partial charge on any atom is 0.255 e. The lowest BCUT2D eigenvalue weighted by Gasteiger charge is -2.17. The molecule has 0 aliphatic heterocycles. The van der Waals surface area contributed by atoms with Crippen molar-refractivity contribution in [1.82, 2.24) is 20.6 Å². The van der Waals surface area contributed by atoms with Gasteiger partial charge in [0.05, 0.1) is 10.6 Å². The van der Waals surface area contributed by atoms with Gasteiger partial charge in [-0.1, -0.05) is 29.8 Å². The van der Waals surface area contributed by atoms with Crippen LogP contribution in [0.5, 0.6) is 11.5 Å². The lowest BCUT2D eigenvalue weighted by Crippen LogP contribution is -2.48. The fourth-order valence-electron chi connectivity index (χ4n) is 2.96. The molecule has 1 heterocycles. The molecule has 0 atom stereocenters. The van der Waals surface area contributed by atoms with Crippen LogP contribution < -0.4 is 15.4 Å². The first kappa shape index (κ1) is 20.7. The van der Waals surface area contributed by atoms with E-state index in [2.05, 4.69) is 20.6 Å². The predicted octanol–water partition coefficient (Wildman–Crippen LogP) is 3.64. The van der Waals surface area contributed by atoms with Gasteiger partial charge in [-0.25, -0.2) is 14.4 Å². The van der Waals surface area contributed by atoms with Gasteiger partial charge >= 0.3 is 0 Å². The van der Waals surface area contributed by atoms with Gasteiger partial charge in [-0.15, -0.1) is 0 Å². The van der Waals surface area contributed by atoms with Crippen molar-refractivity contribution in [2.45, 2.75) is 24.9 Å². The molecule has 1 aromatic heterocycles. The molecule has 158 valence electrons. The second-order valence-corrected chi connectivity index (χ2v) is 7.55. The highest BCUT2D eigenvalue weighted by Gasteiger charge is 2.51. The molecule has 9 heteroatoms. The molecular formula is C22H18ClFN4O3. The minimum absolute atomic E-state index is 0.0412. The zero-order valence-electron chi connectivity index (χ0n) is 16.3. The Morgan fingerprint density at radius 3 is 2.45 bits per heavy atom. The number of hydrogen-bond acceptors (Lipinski definition) is 5. The molecule has 0 radical (unpaired) electrons. The van der Waals surface area contributed by atoms with Gasteiger partial charge in [0.15, 0.2) is 11.6 Å². The van der Waals surface area contributed by atoms with Crippen molar-refractivity contribution in [3.05, 3.63) is 83.2 Å². The summed E-state index contributed by atoms with van der Waals surface area (Å²) in [5, 5.41) is 5.78. The van der Waals surface area contributed by atoms with Gasteiger partial charge in [0.25, 0.3) is 5.91 Å². The summed E-state index contributed by atoms with van der Waals surface area (Å²) in [6, 6.07) is 11.1. The van der Waals surface area contributed by atoms with Crippen LogP contribution in [-0.4, -0.2) is 27.3 Å². The minimum Gasteiger partial charge on any atom is -0.453 e. The summed E-state index contributed by atoms with van der Waals surface area (Å²) in [7, 11) is 0. The minimum atomic E-state index is -0.905. The van der Waals surface area contributed by atoms with Crippen LogP contribution in [0.4, 0.5) is 4.39 Å². The van der Waals surface area contributed by atoms with Crippen molar-refractivity contribution in [3.63, 3.8) is 0 Å². The summed E-state index contributed by atoms with van der Waals surface area (Å²) in [6.45, 7) is 0.269. The first-order valence-electron chi connectivity index (χ1n) is 9.53. The third-order valence-corrected chi connectivity index (χ3v) is 5.17. The topological polar surface area (TPSA) is 93.2 Å². The summed E-state index contributed by atoms with van der Waals surface area (Å²) in [5.41, 5.74) is 0.212. The van der Waals surface area contributed by atoms with Crippen LogP contribution in [-0.2, 0) is 11.3 Å². The third kappa shape index (κ3) is 4.80. The Morgan fingerprint density at radius 1 is 1.10 bits per heavy atom. The van der Waals surface area contributed by atoms with Crippen molar-refractivity contribution in [1.29, 1.82) is 0 Å². The number of ether oxygens (including phenoxy) is 1. The lowest BCUT2D eigenvalue weighted by atomic mass is 10.2. The Morgan fingerprint density at radius 2 is 1.81 bits per heavy atom. The van der Waals surface area contributed by atoms with E-state index in [-0.39, 0.29) is 29.1 Å². The van der Waals surface area contributed by atoms with Gasteiger partial charge in [0, 0.05) is 18.9 Å². The third-order valence-electron chi connectivity index (χ3n) is 4.88. The normalized spacial score (nSPS) is 13.9. The number of benzene rings is 2. The SMILES string of the molecule is O=C(NC1(C(=O)NCc2ccc(Oc3c(F)cccc3Cl)cc2)CC1)c1cncnc1. The second kappa shape index (κ2) is 8.69. The number of halogens is 2. The van der Waals surface area contributed by atoms with E-state index in [4.69, 9.17) is 16.3 Å². The molecule has 0 bridgehead atoms. The fourth-order valence-corrected chi connectivity index (χ4v) is 3.17. The zero-order valence-corrected chi connectivity index (χ0v) is 17.0. The highest BCUT2D eigenvalue weighted by molar-refractivity contribution is 6.32. The number of amides is 2. The number of aromatic nitrogens is 2. The molecule has 4 rings (SSSR count). The summed E-state index contributed by atoms with van der Waals surface area (Å²) in [5.74, 6) is -0.820. The average Bonchev–Trinajstić information content (AvgIpc) is 3.57. The van der Waals surface area contributed by atoms with Crippen molar-refractivity contribution in [2.24, 2.45) is 0 Å². The molecule has 1 aliphatic carbocycles. The Hall–Kier alpha value is -3.52. The number of hydrogen-bond donors (Lipinski definition) is 2. The van der Waals surface area contributed by atoms with Crippen LogP contribution in [0.2, 0.25) is 5.02 Å². The first-order valence-corrected chi connectivity index (χ1v) is 9.91. The van der Waals surface area contributed by atoms with Crippen molar-refractivity contribution >= 4 is 23.4 Å². The standard InChI is InChI=1S/C22H18ClFN4O3/c23-17-2-1-3-18(24)19(17)31-16-6-4-14(5-7-16)10-27-21(30)22(8-9-22)28-20(29)15-11-25-13-26-12-15/h1-7,11-13H,8-10H2,(H,27,30)(H,28,29). The molecule has 3 aromatic rings. The largest absolute Gasteiger partial charge is 0.453 e. The van der Waals surface area contributed by atoms with Crippen molar-refractivity contribution in [2.75, 3.05) is 0 Å². The molecule has 7 nitrogen and oxygen atoms in total. The Kier molecular flexibility index (Phi) is 5.81. The van der Waals surface area contributed by atoms with E-state index in [9.17, 15) is 14.0 Å². The fraction of sp³-hybridized carbons (Fsp3) is 0.182. The van der Waals surface area contributed by atoms with Crippen LogP contribution in [0, 0.1) is 5.82 Å². The second-order valence-electron chi connectivity index (χ2n) is 7.14. The molecule has 0 saturated heterocycles. The van der Waals surface area contributed by atoms with Gasteiger partial charge in [-0.3, -0.25) is 9.59 Å². The van der Waals surface area contributed by atoms with Crippen LogP contribution in [0.25, 0.3) is 0 Å². The molecule has 2 amide bonds. The molecular weight excluding hydrogens is 423 g/mol. The van der Waals surface area contributed by atoms with Gasteiger partial charge in [0.1, 0.15) is 17.6 Å². The number of carbonyl (C=O) groups is 2. The molecule has 1 fully saturated rings. The van der Waals surface area contributed by atoms with E-state index in [0.717, 1.165) is 5.56 Å². The summed E-state index contributed by atoms with van der Waals surface area (Å²) >= 11 is 5.97. The number of rotatable bonds is 7. The Balaban J connectivity index is 1.33. The first-order chi connectivity index (χ1) is 15.0. The maximum atomic E-state index is 13.8. The summed E-state index contributed by atoms with van der Waals surface area (Å²) in [6.07, 6.45) is 5.25. The predicted molar refractivity (Wildman–Crippen MR) is 111 cm³/mol. The highest BCUT2D eigenvalue weighted by atomic mass is 35.5. The van der Waals surface area contributed by atoms with Gasteiger partial charge in [-0.2, -0.15) is 0 Å². The number of nitrogens with zero attached hydrogens (tertiary/aromatic N) is 2. The van der Waals surface area contributed by atoms with Crippen molar-refractivity contribution < 1.29 is 18.7 Å². The van der Waals surface area contributed by atoms with Gasteiger partial charge < -0.3 is 15.4 Å². The maximum absolute atomic E-state index is 13.8. The molecule has 2 N–H and O–H groups in total. The van der Waals surface area contributed by atoms with Crippen LogP contribution in [0.3, 0.4) is 0 Å². The van der Waals surface area contributed by atoms with E-state index in [0.29, 0.717) is 24.2 Å². The van der Waals surface area contributed by atoms with Crippen LogP contribution in [0.1, 0.15) is 28.8 Å². The summed E-state index contributed by atoms with van der Waals surface area (Å²) in [4.78, 5) is 32.5. The number of carbonyl (C=O) groups excluding carboxylic acids is 2. The van der Waals surface area contributed by atoms with Crippen LogP contribution >= 0.6 is 11.6 Å². The highest BCUT2D eigenvalue weighted by Crippen LogP contribution is 2.36. The monoisotopic (exact) mass is 440 g/mol. The van der Waals surface area contributed by atoms with Gasteiger partial charge in [0.2, 0.25) is 5.91 Å².